The predicted octanol–water partition coefficient (Wildman–Crippen LogP) is 4.63. The number of anilines is 1. The lowest BCUT2D eigenvalue weighted by Crippen LogP contribution is -2.46. The van der Waals surface area contributed by atoms with Gasteiger partial charge in [0.1, 0.15) is 0 Å². The molecule has 0 bridgehead atoms. The first-order valence-electron chi connectivity index (χ1n) is 11.2. The van der Waals surface area contributed by atoms with Gasteiger partial charge in [-0.15, -0.1) is 0 Å². The summed E-state index contributed by atoms with van der Waals surface area (Å²) in [4.78, 5) is 17.7. The van der Waals surface area contributed by atoms with E-state index in [9.17, 15) is 4.79 Å². The molecule has 6 heteroatoms. The van der Waals surface area contributed by atoms with E-state index in [1.54, 1.807) is 19.0 Å². The van der Waals surface area contributed by atoms with Crippen LogP contribution < -0.4 is 10.2 Å². The van der Waals surface area contributed by atoms with E-state index in [-0.39, 0.29) is 6.03 Å². The van der Waals surface area contributed by atoms with Gasteiger partial charge < -0.3 is 20.0 Å². The van der Waals surface area contributed by atoms with Crippen LogP contribution in [0.2, 0.25) is 5.02 Å². The average Bonchev–Trinajstić information content (AvgIpc) is 2.75. The van der Waals surface area contributed by atoms with E-state index in [0.717, 1.165) is 57.0 Å². The van der Waals surface area contributed by atoms with E-state index in [0.29, 0.717) is 6.04 Å². The van der Waals surface area contributed by atoms with E-state index in [4.69, 9.17) is 11.6 Å². The Hall–Kier alpha value is -1.46. The van der Waals surface area contributed by atoms with Crippen LogP contribution in [0.1, 0.15) is 51.5 Å². The van der Waals surface area contributed by atoms with Crippen LogP contribution in [-0.4, -0.2) is 68.7 Å². The molecule has 3 rings (SSSR count). The number of amides is 2. The summed E-state index contributed by atoms with van der Waals surface area (Å²) >= 11 is 6.46. The summed E-state index contributed by atoms with van der Waals surface area (Å²) in [5, 5.41) is 3.95. The molecule has 0 atom stereocenters. The molecule has 1 aliphatic carbocycles. The number of aryl methyl sites for hydroxylation is 1. The minimum absolute atomic E-state index is 0.0434. The van der Waals surface area contributed by atoms with Crippen LogP contribution in [0, 0.1) is 0 Å². The van der Waals surface area contributed by atoms with Crippen molar-refractivity contribution in [3.63, 3.8) is 0 Å². The van der Waals surface area contributed by atoms with Gasteiger partial charge in [0.2, 0.25) is 0 Å². The zero-order valence-corrected chi connectivity index (χ0v) is 19.5. The van der Waals surface area contributed by atoms with Crippen molar-refractivity contribution >= 4 is 23.3 Å². The maximum absolute atomic E-state index is 11.2. The van der Waals surface area contributed by atoms with Crippen molar-refractivity contribution in [1.29, 1.82) is 0 Å². The van der Waals surface area contributed by atoms with Crippen molar-refractivity contribution < 1.29 is 4.79 Å². The highest BCUT2D eigenvalue weighted by molar-refractivity contribution is 6.34. The van der Waals surface area contributed by atoms with Gasteiger partial charge in [0.15, 0.2) is 0 Å². The van der Waals surface area contributed by atoms with Crippen LogP contribution in [-0.2, 0) is 6.42 Å². The van der Waals surface area contributed by atoms with Crippen molar-refractivity contribution in [2.24, 2.45) is 0 Å². The molecule has 1 aromatic carbocycles. The summed E-state index contributed by atoms with van der Waals surface area (Å²) in [5.41, 5.74) is 2.46. The molecule has 2 fully saturated rings. The molecule has 0 radical (unpaired) electrons. The number of rotatable bonds is 4. The molecule has 164 valence electrons. The fraction of sp³-hybridized carbons (Fsp3) is 0.696. The highest BCUT2D eigenvalue weighted by Crippen LogP contribution is 2.30. The number of carbonyl (C=O) groups is 1. The first-order chi connectivity index (χ1) is 14.0. The summed E-state index contributed by atoms with van der Waals surface area (Å²) in [5.74, 6) is 0. The fourth-order valence-electron chi connectivity index (χ4n) is 3.94. The highest BCUT2D eigenvalue weighted by atomic mass is 35.5. The van der Waals surface area contributed by atoms with Gasteiger partial charge in [-0.05, 0) is 37.4 Å². The van der Waals surface area contributed by atoms with Gasteiger partial charge in [-0.1, -0.05) is 56.8 Å². The summed E-state index contributed by atoms with van der Waals surface area (Å²) in [7, 11) is 3.55. The topological polar surface area (TPSA) is 38.8 Å². The number of hydrogen-bond donors (Lipinski definition) is 1. The summed E-state index contributed by atoms with van der Waals surface area (Å²) in [6.45, 7) is 9.98. The highest BCUT2D eigenvalue weighted by Gasteiger charge is 2.18. The Kier molecular flexibility index (Phi) is 10.1. The summed E-state index contributed by atoms with van der Waals surface area (Å²) < 4.78 is 0. The summed E-state index contributed by atoms with van der Waals surface area (Å²) in [6.07, 6.45) is 7.16. The van der Waals surface area contributed by atoms with Crippen LogP contribution >= 0.6 is 11.6 Å². The van der Waals surface area contributed by atoms with Crippen molar-refractivity contribution in [2.75, 3.05) is 51.7 Å². The van der Waals surface area contributed by atoms with Gasteiger partial charge in [-0.25, -0.2) is 4.79 Å². The third kappa shape index (κ3) is 7.38. The smallest absolute Gasteiger partial charge is 0.317 e. The lowest BCUT2D eigenvalue weighted by molar-refractivity contribution is 0.209. The van der Waals surface area contributed by atoms with Crippen LogP contribution in [0.15, 0.2) is 18.2 Å². The van der Waals surface area contributed by atoms with E-state index >= 15 is 0 Å². The number of hydrogen-bond acceptors (Lipinski definition) is 3. The van der Waals surface area contributed by atoms with Crippen molar-refractivity contribution in [3.8, 4) is 0 Å². The number of piperazine rings is 1. The molecule has 2 aliphatic rings. The minimum Gasteiger partial charge on any atom is -0.368 e. The van der Waals surface area contributed by atoms with Gasteiger partial charge in [0.25, 0.3) is 0 Å². The number of carbonyl (C=O) groups excluding carboxylic acids is 1. The van der Waals surface area contributed by atoms with Crippen LogP contribution in [0.5, 0.6) is 0 Å². The third-order valence-corrected chi connectivity index (χ3v) is 6.37. The van der Waals surface area contributed by atoms with Gasteiger partial charge in [0, 0.05) is 46.3 Å². The van der Waals surface area contributed by atoms with Gasteiger partial charge >= 0.3 is 6.03 Å². The van der Waals surface area contributed by atoms with E-state index in [2.05, 4.69) is 47.2 Å². The molecule has 2 amide bonds. The van der Waals surface area contributed by atoms with E-state index in [1.165, 1.54) is 30.5 Å². The first-order valence-corrected chi connectivity index (χ1v) is 11.6. The molecular formula is C23H39ClN4O. The molecule has 1 aromatic rings. The molecule has 1 aliphatic heterocycles. The van der Waals surface area contributed by atoms with Gasteiger partial charge in [0.05, 0.1) is 10.7 Å². The van der Waals surface area contributed by atoms with Crippen molar-refractivity contribution in [3.05, 3.63) is 28.8 Å². The zero-order valence-electron chi connectivity index (χ0n) is 18.7. The number of likely N-dealkylation sites (N-methyl/N-ethyl adjacent to an activating group) is 1. The number of urea groups is 1. The molecule has 0 spiro atoms. The minimum atomic E-state index is 0.0434. The molecule has 29 heavy (non-hydrogen) atoms. The Morgan fingerprint density at radius 1 is 1.10 bits per heavy atom. The zero-order chi connectivity index (χ0) is 21.2. The normalized spacial score (nSPS) is 18.0. The number of benzene rings is 1. The Balaban J connectivity index is 0.000000221. The molecule has 1 saturated heterocycles. The molecule has 1 saturated carbocycles. The van der Waals surface area contributed by atoms with Crippen LogP contribution in [0.25, 0.3) is 0 Å². The Labute approximate surface area is 182 Å². The summed E-state index contributed by atoms with van der Waals surface area (Å²) in [6, 6.07) is 6.85. The maximum Gasteiger partial charge on any atom is 0.317 e. The predicted molar refractivity (Wildman–Crippen MR) is 124 cm³/mol. The second-order valence-electron chi connectivity index (χ2n) is 8.20. The molecule has 1 heterocycles. The molecular weight excluding hydrogens is 384 g/mol. The van der Waals surface area contributed by atoms with Crippen molar-refractivity contribution in [1.82, 2.24) is 15.1 Å². The number of nitrogens with one attached hydrogen (secondary N) is 1. The number of halogens is 1. The average molecular weight is 423 g/mol. The third-order valence-electron chi connectivity index (χ3n) is 5.94. The Bertz CT molecular complexity index is 623. The van der Waals surface area contributed by atoms with Gasteiger partial charge in [-0.3, -0.25) is 0 Å². The SMILES string of the molecule is CCc1cccc(N2CCN(CC)CC2)c1Cl.CN(C)C(=O)NC1CCCCC1. The Morgan fingerprint density at radius 2 is 1.76 bits per heavy atom. The Morgan fingerprint density at radius 3 is 2.31 bits per heavy atom. The van der Waals surface area contributed by atoms with Crippen molar-refractivity contribution in [2.45, 2.75) is 58.4 Å². The monoisotopic (exact) mass is 422 g/mol. The number of nitrogens with zero attached hydrogens (tertiary/aromatic N) is 3. The molecule has 5 nitrogen and oxygen atoms in total. The van der Waals surface area contributed by atoms with Crippen LogP contribution in [0.4, 0.5) is 10.5 Å². The maximum atomic E-state index is 11.2. The standard InChI is InChI=1S/C14H21ClN2.C9H18N2O/c1-3-12-6-5-7-13(14(12)15)17-10-8-16(4-2)9-11-17;1-11(2)9(12)10-8-6-4-3-5-7-8/h5-7H,3-4,8-11H2,1-2H3;8H,3-7H2,1-2H3,(H,10,12). The fourth-order valence-corrected chi connectivity index (χ4v) is 4.32. The quantitative estimate of drug-likeness (QED) is 0.768. The first kappa shape index (κ1) is 23.8. The van der Waals surface area contributed by atoms with E-state index < -0.39 is 0 Å². The molecule has 0 aromatic heterocycles. The van der Waals surface area contributed by atoms with E-state index in [1.807, 2.05) is 0 Å². The molecule has 1 N–H and O–H groups in total. The lowest BCUT2D eigenvalue weighted by atomic mass is 9.96. The van der Waals surface area contributed by atoms with Crippen LogP contribution in [0.3, 0.4) is 0 Å². The van der Waals surface area contributed by atoms with Gasteiger partial charge in [-0.2, -0.15) is 0 Å². The lowest BCUT2D eigenvalue weighted by Gasteiger charge is -2.36. The largest absolute Gasteiger partial charge is 0.368 e. The molecule has 0 unspecified atom stereocenters. The second-order valence-corrected chi connectivity index (χ2v) is 8.58. The second kappa shape index (κ2) is 12.3.